The summed E-state index contributed by atoms with van der Waals surface area (Å²) in [5, 5.41) is 8.04. The Kier molecular flexibility index (Phi) is 8.74. The third-order valence-electron chi connectivity index (χ3n) is 12.6. The fourth-order valence-corrected chi connectivity index (χ4v) is 14.7. The van der Waals surface area contributed by atoms with Gasteiger partial charge in [-0.2, -0.15) is 0 Å². The molecular weight excluding hydrogens is 845 g/mol. The molecule has 9 aromatic rings. The first-order valence-corrected chi connectivity index (χ1v) is 31.0. The zero-order valence-electron chi connectivity index (χ0n) is 37.2. The lowest BCUT2D eigenvalue weighted by Gasteiger charge is -2.26. The molecule has 3 aliphatic rings. The molecule has 0 amide bonds. The van der Waals surface area contributed by atoms with Crippen LogP contribution in [0.1, 0.15) is 0 Å². The Morgan fingerprint density at radius 1 is 0.354 bits per heavy atom. The molecule has 4 heterocycles. The Morgan fingerprint density at radius 3 is 1.51 bits per heavy atom. The highest BCUT2D eigenvalue weighted by Crippen LogP contribution is 2.36. The van der Waals surface area contributed by atoms with Crippen molar-refractivity contribution in [2.75, 3.05) is 4.90 Å². The summed E-state index contributed by atoms with van der Waals surface area (Å²) < 4.78 is 34.8. The first kappa shape index (κ1) is 39.4. The van der Waals surface area contributed by atoms with Gasteiger partial charge in [0.15, 0.2) is 0 Å². The van der Waals surface area contributed by atoms with Crippen molar-refractivity contribution < 1.29 is 0 Å². The zero-order chi connectivity index (χ0) is 44.2. The fraction of sp³-hybridized carbons (Fsp3) is 0.111. The maximum atomic E-state index is 5.53. The number of hydrogen-bond donors (Lipinski definition) is 0. The van der Waals surface area contributed by atoms with Crippen molar-refractivity contribution in [2.24, 2.45) is 27.9 Å². The first-order valence-electron chi connectivity index (χ1n) is 22.3. The van der Waals surface area contributed by atoms with Crippen molar-refractivity contribution in [3.05, 3.63) is 202 Å². The number of hydrogen-bond acceptors (Lipinski definition) is 7. The van der Waals surface area contributed by atoms with Crippen LogP contribution in [0, 0.1) is 0 Å². The summed E-state index contributed by atoms with van der Waals surface area (Å²) in [7, 11) is -7.00. The summed E-state index contributed by atoms with van der Waals surface area (Å²) in [5.74, 6) is 0. The van der Waals surface area contributed by atoms with Crippen LogP contribution in [-0.4, -0.2) is 29.8 Å². The van der Waals surface area contributed by atoms with Gasteiger partial charge in [-0.05, 0) is 110 Å². The fourth-order valence-electron chi connectivity index (χ4n) is 9.91. The number of aromatic nitrogens is 1. The van der Waals surface area contributed by atoms with Crippen LogP contribution >= 0.6 is 0 Å². The molecule has 0 saturated carbocycles. The molecular formula is C54H46N8Si3. The third kappa shape index (κ3) is 6.60. The minimum Gasteiger partial charge on any atom is -0.309 e. The molecule has 3 aliphatic heterocycles. The minimum absolute atomic E-state index is 0.902. The maximum absolute atomic E-state index is 5.53. The zero-order valence-corrected chi connectivity index (χ0v) is 40.2. The van der Waals surface area contributed by atoms with E-state index in [-0.39, 0.29) is 0 Å². The van der Waals surface area contributed by atoms with E-state index in [1.165, 1.54) is 27.4 Å². The number of anilines is 3. The molecule has 0 saturated heterocycles. The van der Waals surface area contributed by atoms with Gasteiger partial charge in [0.1, 0.15) is 0 Å². The topological polar surface area (TPSA) is 82.3 Å². The highest BCUT2D eigenvalue weighted by Gasteiger charge is 2.33. The third-order valence-corrected chi connectivity index (χ3v) is 17.2. The van der Waals surface area contributed by atoms with Crippen molar-refractivity contribution in [1.29, 1.82) is 0 Å². The van der Waals surface area contributed by atoms with Gasteiger partial charge >= 0.3 is 0 Å². The van der Waals surface area contributed by atoms with E-state index in [0.717, 1.165) is 82.7 Å². The van der Waals surface area contributed by atoms with E-state index in [1.54, 1.807) is 0 Å². The van der Waals surface area contributed by atoms with E-state index in [4.69, 9.17) is 27.9 Å². The first-order chi connectivity index (χ1) is 31.4. The molecule has 314 valence electrons. The molecule has 0 bridgehead atoms. The smallest absolute Gasteiger partial charge is 0.298 e. The van der Waals surface area contributed by atoms with Gasteiger partial charge in [-0.3, -0.25) is 27.9 Å². The van der Waals surface area contributed by atoms with E-state index in [1.807, 2.05) is 0 Å². The van der Waals surface area contributed by atoms with Gasteiger partial charge < -0.3 is 9.47 Å². The number of nitrogens with zero attached hydrogens (tertiary/aromatic N) is 8. The Morgan fingerprint density at radius 2 is 0.846 bits per heavy atom. The number of para-hydroxylation sites is 2. The van der Waals surface area contributed by atoms with Crippen LogP contribution in [0.5, 0.6) is 0 Å². The standard InChI is InChI=1S/C54H46N8Si3/c1-63(2)55-44-21-15-23-46(52(44)58-63)62(47-32-30-40(36-16-9-7-10-17-36)50-53(47)59-64(3,4)56-50)48-33-31-41(51-54(48)60-65(5,6)57-51)37-26-24-35(25-27-37)38-28-29-43-42-20-13-14-22-45(42)61(49(43)34-38)39-18-11-8-12-19-39/h7-34H,1-6H3. The van der Waals surface area contributed by atoms with Crippen molar-refractivity contribution in [1.82, 2.24) is 4.57 Å². The van der Waals surface area contributed by atoms with Crippen LogP contribution in [0.2, 0.25) is 39.3 Å². The van der Waals surface area contributed by atoms with E-state index < -0.39 is 25.2 Å². The van der Waals surface area contributed by atoms with Gasteiger partial charge in [-0.15, -0.1) is 0 Å². The molecule has 0 fully saturated rings. The molecule has 8 nitrogen and oxygen atoms in total. The second-order valence-corrected chi connectivity index (χ2v) is 29.0. The summed E-state index contributed by atoms with van der Waals surface area (Å²) >= 11 is 0. The van der Waals surface area contributed by atoms with Gasteiger partial charge in [0.2, 0.25) is 0 Å². The normalized spacial score (nSPS) is 15.7. The van der Waals surface area contributed by atoms with Crippen molar-refractivity contribution in [3.8, 4) is 39.1 Å². The molecule has 65 heavy (non-hydrogen) atoms. The second-order valence-electron chi connectivity index (χ2n) is 18.7. The molecule has 8 aromatic carbocycles. The lowest BCUT2D eigenvalue weighted by molar-refractivity contribution is 1.17. The molecule has 12 rings (SSSR count). The Labute approximate surface area is 379 Å². The van der Waals surface area contributed by atoms with Gasteiger partial charge in [-0.25, -0.2) is 0 Å². The molecule has 11 heteroatoms. The largest absolute Gasteiger partial charge is 0.309 e. The van der Waals surface area contributed by atoms with E-state index in [2.05, 4.69) is 219 Å². The highest BCUT2D eigenvalue weighted by molar-refractivity contribution is 6.75. The summed E-state index contributed by atoms with van der Waals surface area (Å²) in [6, 6.07) is 60.9. The van der Waals surface area contributed by atoms with Gasteiger partial charge in [0.05, 0.1) is 60.2 Å². The monoisotopic (exact) mass is 890 g/mol. The minimum atomic E-state index is -2.41. The molecule has 0 atom stereocenters. The molecule has 0 spiro atoms. The summed E-state index contributed by atoms with van der Waals surface area (Å²) in [6.07, 6.45) is 0. The van der Waals surface area contributed by atoms with Crippen LogP contribution < -0.4 is 37.0 Å². The Bertz CT molecular complexity index is 3870. The van der Waals surface area contributed by atoms with Gasteiger partial charge in [0.25, 0.3) is 25.2 Å². The van der Waals surface area contributed by atoms with E-state index >= 15 is 0 Å². The second kappa shape index (κ2) is 14.4. The van der Waals surface area contributed by atoms with Crippen LogP contribution in [0.25, 0.3) is 60.9 Å². The van der Waals surface area contributed by atoms with Crippen LogP contribution in [0.4, 0.5) is 17.1 Å². The summed E-state index contributed by atoms with van der Waals surface area (Å²) in [4.78, 5) is 2.33. The van der Waals surface area contributed by atoms with E-state index in [9.17, 15) is 0 Å². The lowest BCUT2D eigenvalue weighted by Crippen LogP contribution is -2.38. The summed E-state index contributed by atoms with van der Waals surface area (Å²) in [5.41, 5.74) is 13.1. The Hall–Kier alpha value is -7.19. The predicted octanol–water partition coefficient (Wildman–Crippen LogP) is 10.1. The van der Waals surface area contributed by atoms with Crippen molar-refractivity contribution in [2.45, 2.75) is 39.3 Å². The molecule has 0 aliphatic carbocycles. The molecule has 0 N–H and O–H groups in total. The number of fused-ring (bicyclic) bond motifs is 6. The SMILES string of the molecule is C[Si]1(C)N=c2cccc(N(c3ccc(-c4ccccc4)c4c3=N[Si](C)(C)N=4)c3ccc(-c4ccc(-c5ccc6c7ccccc7n(-c7ccccc7)c6c5)cc4)c4c3=N[Si](C)(C)N=4)c2=N1. The average Bonchev–Trinajstić information content (AvgIpc) is 4.03. The van der Waals surface area contributed by atoms with Crippen LogP contribution in [0.3, 0.4) is 0 Å². The molecule has 1 aromatic heterocycles. The predicted molar refractivity (Wildman–Crippen MR) is 271 cm³/mol. The molecule has 0 radical (unpaired) electrons. The van der Waals surface area contributed by atoms with Crippen molar-refractivity contribution in [3.63, 3.8) is 0 Å². The van der Waals surface area contributed by atoms with Gasteiger partial charge in [-0.1, -0.05) is 121 Å². The number of benzene rings is 8. The van der Waals surface area contributed by atoms with E-state index in [0.29, 0.717) is 0 Å². The molecule has 0 unspecified atom stereocenters. The highest BCUT2D eigenvalue weighted by atomic mass is 28.4. The Balaban J connectivity index is 1.02. The van der Waals surface area contributed by atoms with Crippen LogP contribution in [-0.2, 0) is 0 Å². The quantitative estimate of drug-likeness (QED) is 0.147. The average molecular weight is 891 g/mol. The maximum Gasteiger partial charge on any atom is 0.298 e. The van der Waals surface area contributed by atoms with Crippen LogP contribution in [0.15, 0.2) is 198 Å². The number of rotatable bonds is 7. The lowest BCUT2D eigenvalue weighted by atomic mass is 9.98. The van der Waals surface area contributed by atoms with Crippen molar-refractivity contribution >= 4 is 64.1 Å². The van der Waals surface area contributed by atoms with Gasteiger partial charge in [0, 0.05) is 27.6 Å². The summed E-state index contributed by atoms with van der Waals surface area (Å²) in [6.45, 7) is 13.2.